The molecule has 0 radical (unpaired) electrons. The molecule has 0 saturated heterocycles. The van der Waals surface area contributed by atoms with Gasteiger partial charge in [0.05, 0.1) is 13.7 Å². The van der Waals surface area contributed by atoms with Crippen LogP contribution in [0.1, 0.15) is 26.3 Å². The minimum atomic E-state index is -0.505. The minimum absolute atomic E-state index is 0.119. The summed E-state index contributed by atoms with van der Waals surface area (Å²) in [6, 6.07) is 4.23. The van der Waals surface area contributed by atoms with Crippen LogP contribution in [0.3, 0.4) is 0 Å². The fraction of sp³-hybridized carbons (Fsp3) is 0.412. The Labute approximate surface area is 135 Å². The average molecular weight is 323 g/mol. The first-order valence-corrected chi connectivity index (χ1v) is 7.36. The van der Waals surface area contributed by atoms with E-state index in [1.165, 1.54) is 36.3 Å². The van der Waals surface area contributed by atoms with Crippen LogP contribution in [0.15, 0.2) is 24.3 Å². The van der Waals surface area contributed by atoms with Gasteiger partial charge in [0, 0.05) is 12.1 Å². The van der Waals surface area contributed by atoms with Gasteiger partial charge in [0.25, 0.3) is 0 Å². The number of carbonyl (C=O) groups excluding carboxylic acids is 2. The molecule has 1 aromatic carbocycles. The summed E-state index contributed by atoms with van der Waals surface area (Å²) in [5.74, 6) is -1.17. The highest BCUT2D eigenvalue weighted by atomic mass is 19.1. The SMILES string of the molecule is CCOC(=O)CN(C(=O)/C=C\c1ccc(OC)c(F)c1)C(C)C. The van der Waals surface area contributed by atoms with Crippen molar-refractivity contribution in [2.45, 2.75) is 26.8 Å². The van der Waals surface area contributed by atoms with E-state index < -0.39 is 11.8 Å². The third kappa shape index (κ3) is 5.73. The standard InChI is InChI=1S/C17H22FNO4/c1-5-23-17(21)11-19(12(2)3)16(20)9-7-13-6-8-15(22-4)14(18)10-13/h6-10,12H,5,11H2,1-4H3/b9-7-. The molecule has 0 unspecified atom stereocenters. The van der Waals surface area contributed by atoms with E-state index in [1.54, 1.807) is 26.8 Å². The fourth-order valence-corrected chi connectivity index (χ4v) is 1.91. The molecule has 5 nitrogen and oxygen atoms in total. The van der Waals surface area contributed by atoms with Gasteiger partial charge in [-0.05, 0) is 44.5 Å². The molecule has 0 N–H and O–H groups in total. The van der Waals surface area contributed by atoms with E-state index in [4.69, 9.17) is 9.47 Å². The lowest BCUT2D eigenvalue weighted by atomic mass is 10.2. The average Bonchev–Trinajstić information content (AvgIpc) is 2.50. The van der Waals surface area contributed by atoms with Crippen LogP contribution in [-0.2, 0) is 14.3 Å². The Hall–Kier alpha value is -2.37. The number of carbonyl (C=O) groups is 2. The van der Waals surface area contributed by atoms with Crippen LogP contribution in [0, 0.1) is 5.82 Å². The van der Waals surface area contributed by atoms with Crippen molar-refractivity contribution in [3.63, 3.8) is 0 Å². The zero-order chi connectivity index (χ0) is 17.4. The van der Waals surface area contributed by atoms with E-state index in [1.807, 2.05) is 0 Å². The van der Waals surface area contributed by atoms with Crippen molar-refractivity contribution in [2.75, 3.05) is 20.3 Å². The number of ether oxygens (including phenoxy) is 2. The first-order valence-electron chi connectivity index (χ1n) is 7.36. The highest BCUT2D eigenvalue weighted by Crippen LogP contribution is 2.18. The Morgan fingerprint density at radius 2 is 2.04 bits per heavy atom. The molecule has 23 heavy (non-hydrogen) atoms. The second-order valence-corrected chi connectivity index (χ2v) is 5.09. The van der Waals surface area contributed by atoms with Gasteiger partial charge in [0.1, 0.15) is 6.54 Å². The van der Waals surface area contributed by atoms with Gasteiger partial charge in [-0.3, -0.25) is 9.59 Å². The maximum absolute atomic E-state index is 13.6. The summed E-state index contributed by atoms with van der Waals surface area (Å²) in [6.07, 6.45) is 2.80. The molecular formula is C17H22FNO4. The molecule has 0 aliphatic rings. The quantitative estimate of drug-likeness (QED) is 0.572. The summed E-state index contributed by atoms with van der Waals surface area (Å²) in [5, 5.41) is 0. The van der Waals surface area contributed by atoms with Crippen LogP contribution in [0.4, 0.5) is 4.39 Å². The van der Waals surface area contributed by atoms with E-state index >= 15 is 0 Å². The lowest BCUT2D eigenvalue weighted by Crippen LogP contribution is -2.40. The molecule has 0 fully saturated rings. The number of benzene rings is 1. The molecule has 126 valence electrons. The zero-order valence-corrected chi connectivity index (χ0v) is 13.8. The van der Waals surface area contributed by atoms with Gasteiger partial charge in [0.2, 0.25) is 5.91 Å². The molecule has 0 heterocycles. The topological polar surface area (TPSA) is 55.8 Å². The summed E-state index contributed by atoms with van der Waals surface area (Å²) in [7, 11) is 1.38. The van der Waals surface area contributed by atoms with Crippen LogP contribution in [0.2, 0.25) is 0 Å². The highest BCUT2D eigenvalue weighted by Gasteiger charge is 2.18. The Morgan fingerprint density at radius 1 is 1.35 bits per heavy atom. The highest BCUT2D eigenvalue weighted by molar-refractivity contribution is 5.93. The van der Waals surface area contributed by atoms with Crippen molar-refractivity contribution in [1.29, 1.82) is 0 Å². The van der Waals surface area contributed by atoms with Crippen molar-refractivity contribution < 1.29 is 23.5 Å². The number of methoxy groups -OCH3 is 1. The van der Waals surface area contributed by atoms with Crippen molar-refractivity contribution in [3.8, 4) is 5.75 Å². The predicted molar refractivity (Wildman–Crippen MR) is 85.5 cm³/mol. The summed E-state index contributed by atoms with van der Waals surface area (Å²) in [4.78, 5) is 25.2. The number of esters is 1. The van der Waals surface area contributed by atoms with Gasteiger partial charge in [-0.25, -0.2) is 4.39 Å². The van der Waals surface area contributed by atoms with Gasteiger partial charge in [0.15, 0.2) is 11.6 Å². The molecule has 0 bridgehead atoms. The molecule has 0 atom stereocenters. The molecule has 0 aromatic heterocycles. The summed E-state index contributed by atoms with van der Waals surface area (Å²) in [6.45, 7) is 5.46. The molecule has 1 aromatic rings. The van der Waals surface area contributed by atoms with Crippen molar-refractivity contribution >= 4 is 18.0 Å². The second-order valence-electron chi connectivity index (χ2n) is 5.09. The van der Waals surface area contributed by atoms with Crippen LogP contribution in [0.25, 0.3) is 6.08 Å². The molecule has 0 saturated carbocycles. The minimum Gasteiger partial charge on any atom is -0.494 e. The maximum Gasteiger partial charge on any atom is 0.325 e. The van der Waals surface area contributed by atoms with E-state index in [0.717, 1.165) is 0 Å². The third-order valence-corrected chi connectivity index (χ3v) is 3.11. The Morgan fingerprint density at radius 3 is 2.57 bits per heavy atom. The Kier molecular flexibility index (Phi) is 7.25. The third-order valence-electron chi connectivity index (χ3n) is 3.11. The molecular weight excluding hydrogens is 301 g/mol. The van der Waals surface area contributed by atoms with E-state index in [-0.39, 0.29) is 30.9 Å². The number of hydrogen-bond acceptors (Lipinski definition) is 4. The van der Waals surface area contributed by atoms with Crippen LogP contribution in [0.5, 0.6) is 5.75 Å². The largest absolute Gasteiger partial charge is 0.494 e. The first-order chi connectivity index (χ1) is 10.9. The van der Waals surface area contributed by atoms with Gasteiger partial charge < -0.3 is 14.4 Å². The summed E-state index contributed by atoms with van der Waals surface area (Å²) >= 11 is 0. The van der Waals surface area contributed by atoms with Crippen molar-refractivity contribution in [1.82, 2.24) is 4.90 Å². The molecule has 0 aliphatic carbocycles. The van der Waals surface area contributed by atoms with E-state index in [9.17, 15) is 14.0 Å². The van der Waals surface area contributed by atoms with E-state index in [2.05, 4.69) is 0 Å². The Bertz CT molecular complexity index is 584. The first kappa shape index (κ1) is 18.7. The number of hydrogen-bond donors (Lipinski definition) is 0. The van der Waals surface area contributed by atoms with Gasteiger partial charge in [-0.1, -0.05) is 6.07 Å². The van der Waals surface area contributed by atoms with Crippen LogP contribution >= 0.6 is 0 Å². The number of amides is 1. The van der Waals surface area contributed by atoms with Crippen LogP contribution < -0.4 is 4.74 Å². The summed E-state index contributed by atoms with van der Waals surface area (Å²) < 4.78 is 23.3. The Balaban J connectivity index is 2.81. The summed E-state index contributed by atoms with van der Waals surface area (Å²) in [5.41, 5.74) is 0.525. The smallest absolute Gasteiger partial charge is 0.325 e. The lowest BCUT2D eigenvalue weighted by molar-refractivity contribution is -0.148. The molecule has 0 spiro atoms. The monoisotopic (exact) mass is 323 g/mol. The fourth-order valence-electron chi connectivity index (χ4n) is 1.91. The molecule has 1 rings (SSSR count). The number of rotatable bonds is 7. The predicted octanol–water partition coefficient (Wildman–Crippen LogP) is 2.65. The van der Waals surface area contributed by atoms with Crippen molar-refractivity contribution in [2.24, 2.45) is 0 Å². The van der Waals surface area contributed by atoms with Gasteiger partial charge in [-0.15, -0.1) is 0 Å². The maximum atomic E-state index is 13.6. The van der Waals surface area contributed by atoms with Crippen molar-refractivity contribution in [3.05, 3.63) is 35.7 Å². The molecule has 1 amide bonds. The molecule has 0 aliphatic heterocycles. The lowest BCUT2D eigenvalue weighted by Gasteiger charge is -2.24. The van der Waals surface area contributed by atoms with Gasteiger partial charge in [-0.2, -0.15) is 0 Å². The number of halogens is 1. The van der Waals surface area contributed by atoms with Crippen LogP contribution in [-0.4, -0.2) is 43.1 Å². The zero-order valence-electron chi connectivity index (χ0n) is 13.8. The number of nitrogens with zero attached hydrogens (tertiary/aromatic N) is 1. The van der Waals surface area contributed by atoms with Gasteiger partial charge >= 0.3 is 5.97 Å². The van der Waals surface area contributed by atoms with E-state index in [0.29, 0.717) is 5.56 Å². The normalized spacial score (nSPS) is 10.9. The molecule has 6 heteroatoms. The second kappa shape index (κ2) is 8.92.